The molecule has 8 heteroatoms. The maximum absolute atomic E-state index is 12.0. The highest BCUT2D eigenvalue weighted by Crippen LogP contribution is 2.09. The van der Waals surface area contributed by atoms with E-state index < -0.39 is 29.9 Å². The van der Waals surface area contributed by atoms with Gasteiger partial charge in [-0.3, -0.25) is 4.79 Å². The average molecular weight is 288 g/mol. The third-order valence-corrected chi connectivity index (χ3v) is 3.14. The number of morpholine rings is 1. The molecule has 1 fully saturated rings. The summed E-state index contributed by atoms with van der Waals surface area (Å²) in [5.74, 6) is -1.96. The van der Waals surface area contributed by atoms with Gasteiger partial charge in [-0.25, -0.2) is 9.59 Å². The normalized spacial score (nSPS) is 20.1. The smallest absolute Gasteiger partial charge is 0.331 e. The van der Waals surface area contributed by atoms with Crippen LogP contribution in [0.15, 0.2) is 0 Å². The number of carbonyl (C=O) groups excluding carboxylic acids is 2. The minimum Gasteiger partial charge on any atom is -0.481 e. The minimum absolute atomic E-state index is 0.103. The van der Waals surface area contributed by atoms with E-state index >= 15 is 0 Å². The van der Waals surface area contributed by atoms with Crippen LogP contribution in [0.2, 0.25) is 0 Å². The molecule has 0 saturated carbocycles. The second kappa shape index (κ2) is 7.68. The fraction of sp³-hybridized carbons (Fsp3) is 0.750. The van der Waals surface area contributed by atoms with Gasteiger partial charge in [0.05, 0.1) is 26.2 Å². The number of methoxy groups -OCH3 is 1. The standard InChI is InChI=1S/C12H20N2O6/c1-8(10(15)16)3-4-13-12(18)14-5-6-20-7-9(14)11(17)19-2/h8-9H,3-7H2,1-2H3,(H,13,18)(H,15,16). The van der Waals surface area contributed by atoms with Crippen molar-refractivity contribution in [3.8, 4) is 0 Å². The molecule has 1 rings (SSSR count). The first-order chi connectivity index (χ1) is 9.47. The van der Waals surface area contributed by atoms with Crippen LogP contribution in [0.25, 0.3) is 0 Å². The van der Waals surface area contributed by atoms with Crippen molar-refractivity contribution in [3.63, 3.8) is 0 Å². The molecule has 1 heterocycles. The summed E-state index contributed by atoms with van der Waals surface area (Å²) in [6, 6.07) is -1.17. The van der Waals surface area contributed by atoms with Gasteiger partial charge in [0.2, 0.25) is 0 Å². The van der Waals surface area contributed by atoms with E-state index in [-0.39, 0.29) is 13.2 Å². The maximum atomic E-state index is 12.0. The van der Waals surface area contributed by atoms with Crippen LogP contribution in [-0.2, 0) is 19.1 Å². The van der Waals surface area contributed by atoms with Crippen LogP contribution in [0.3, 0.4) is 0 Å². The Labute approximate surface area is 117 Å². The largest absolute Gasteiger partial charge is 0.481 e. The number of hydrogen-bond acceptors (Lipinski definition) is 5. The number of amides is 2. The lowest BCUT2D eigenvalue weighted by atomic mass is 10.1. The summed E-state index contributed by atoms with van der Waals surface area (Å²) in [6.45, 7) is 2.55. The van der Waals surface area contributed by atoms with Crippen molar-refractivity contribution in [3.05, 3.63) is 0 Å². The van der Waals surface area contributed by atoms with E-state index in [0.717, 1.165) is 0 Å². The number of rotatable bonds is 5. The molecule has 0 bridgehead atoms. The Bertz CT molecular complexity index is 373. The molecule has 0 aromatic carbocycles. The van der Waals surface area contributed by atoms with Gasteiger partial charge in [0.1, 0.15) is 0 Å². The Hall–Kier alpha value is -1.83. The molecular weight excluding hydrogens is 268 g/mol. The predicted molar refractivity (Wildman–Crippen MR) is 68.1 cm³/mol. The quantitative estimate of drug-likeness (QED) is 0.672. The molecule has 1 aliphatic rings. The van der Waals surface area contributed by atoms with Gasteiger partial charge in [0, 0.05) is 13.1 Å². The second-order valence-corrected chi connectivity index (χ2v) is 4.57. The van der Waals surface area contributed by atoms with Crippen LogP contribution in [0.4, 0.5) is 4.79 Å². The molecule has 0 aromatic rings. The highest BCUT2D eigenvalue weighted by Gasteiger charge is 2.33. The third-order valence-electron chi connectivity index (χ3n) is 3.14. The third kappa shape index (κ3) is 4.37. The molecule has 2 amide bonds. The topological polar surface area (TPSA) is 105 Å². The number of urea groups is 1. The molecule has 0 aromatic heterocycles. The fourth-order valence-electron chi connectivity index (χ4n) is 1.80. The summed E-state index contributed by atoms with van der Waals surface area (Å²) >= 11 is 0. The summed E-state index contributed by atoms with van der Waals surface area (Å²) in [5.41, 5.74) is 0. The van der Waals surface area contributed by atoms with Crippen molar-refractivity contribution >= 4 is 18.0 Å². The Kier molecular flexibility index (Phi) is 6.23. The number of carboxylic acids is 1. The van der Waals surface area contributed by atoms with E-state index in [9.17, 15) is 14.4 Å². The van der Waals surface area contributed by atoms with Crippen LogP contribution in [0, 0.1) is 5.92 Å². The SMILES string of the molecule is COC(=O)C1COCCN1C(=O)NCCC(C)C(=O)O. The number of nitrogens with one attached hydrogen (secondary N) is 1. The molecule has 2 N–H and O–H groups in total. The lowest BCUT2D eigenvalue weighted by Gasteiger charge is -2.33. The zero-order valence-electron chi connectivity index (χ0n) is 11.6. The summed E-state index contributed by atoms with van der Waals surface area (Å²) in [6.07, 6.45) is 0.328. The molecule has 0 aliphatic carbocycles. The molecule has 114 valence electrons. The van der Waals surface area contributed by atoms with Gasteiger partial charge >= 0.3 is 18.0 Å². The van der Waals surface area contributed by atoms with Crippen molar-refractivity contribution in [2.24, 2.45) is 5.92 Å². The number of nitrogens with zero attached hydrogens (tertiary/aromatic N) is 1. The van der Waals surface area contributed by atoms with Crippen LogP contribution >= 0.6 is 0 Å². The van der Waals surface area contributed by atoms with Crippen molar-refractivity contribution in [2.45, 2.75) is 19.4 Å². The summed E-state index contributed by atoms with van der Waals surface area (Å²) in [4.78, 5) is 35.5. The average Bonchev–Trinajstić information content (AvgIpc) is 2.45. The van der Waals surface area contributed by atoms with Gasteiger partial charge in [-0.2, -0.15) is 0 Å². The van der Waals surface area contributed by atoms with Gasteiger partial charge in [0.25, 0.3) is 0 Å². The van der Waals surface area contributed by atoms with Gasteiger partial charge in [-0.05, 0) is 6.42 Å². The monoisotopic (exact) mass is 288 g/mol. The van der Waals surface area contributed by atoms with Crippen molar-refractivity contribution in [1.82, 2.24) is 10.2 Å². The number of ether oxygens (including phenoxy) is 2. The molecule has 0 radical (unpaired) electrons. The molecule has 0 spiro atoms. The van der Waals surface area contributed by atoms with Gasteiger partial charge < -0.3 is 24.8 Å². The Morgan fingerprint density at radius 1 is 1.50 bits per heavy atom. The number of carboxylic acid groups (broad SMARTS) is 1. The molecule has 2 unspecified atom stereocenters. The highest BCUT2D eigenvalue weighted by atomic mass is 16.5. The molecule has 1 saturated heterocycles. The molecular formula is C12H20N2O6. The van der Waals surface area contributed by atoms with E-state index in [2.05, 4.69) is 10.1 Å². The van der Waals surface area contributed by atoms with Crippen LogP contribution < -0.4 is 5.32 Å². The zero-order valence-corrected chi connectivity index (χ0v) is 11.6. The number of hydrogen-bond donors (Lipinski definition) is 2. The molecule has 1 aliphatic heterocycles. The Morgan fingerprint density at radius 2 is 2.20 bits per heavy atom. The van der Waals surface area contributed by atoms with Crippen LogP contribution in [-0.4, -0.2) is 67.4 Å². The highest BCUT2D eigenvalue weighted by molar-refractivity contribution is 5.84. The lowest BCUT2D eigenvalue weighted by molar-refractivity contribution is -0.151. The number of carbonyl (C=O) groups is 3. The fourth-order valence-corrected chi connectivity index (χ4v) is 1.80. The molecule has 20 heavy (non-hydrogen) atoms. The predicted octanol–water partition coefficient (Wildman–Crippen LogP) is -0.319. The van der Waals surface area contributed by atoms with Gasteiger partial charge in [-0.15, -0.1) is 0 Å². The molecule has 8 nitrogen and oxygen atoms in total. The minimum atomic E-state index is -0.905. The van der Waals surface area contributed by atoms with Crippen LogP contribution in [0.5, 0.6) is 0 Å². The van der Waals surface area contributed by atoms with E-state index in [1.807, 2.05) is 0 Å². The van der Waals surface area contributed by atoms with Gasteiger partial charge in [-0.1, -0.05) is 6.92 Å². The lowest BCUT2D eigenvalue weighted by Crippen LogP contribution is -2.56. The maximum Gasteiger partial charge on any atom is 0.331 e. The molecule has 2 atom stereocenters. The van der Waals surface area contributed by atoms with Crippen molar-refractivity contribution in [1.29, 1.82) is 0 Å². The Balaban J connectivity index is 2.47. The van der Waals surface area contributed by atoms with Crippen molar-refractivity contribution < 1.29 is 29.0 Å². The number of aliphatic carboxylic acids is 1. The second-order valence-electron chi connectivity index (χ2n) is 4.57. The zero-order chi connectivity index (χ0) is 15.1. The van der Waals surface area contributed by atoms with E-state index in [4.69, 9.17) is 9.84 Å². The first kappa shape index (κ1) is 16.2. The Morgan fingerprint density at radius 3 is 2.80 bits per heavy atom. The first-order valence-electron chi connectivity index (χ1n) is 6.40. The van der Waals surface area contributed by atoms with E-state index in [1.54, 1.807) is 6.92 Å². The van der Waals surface area contributed by atoms with E-state index in [0.29, 0.717) is 19.6 Å². The summed E-state index contributed by atoms with van der Waals surface area (Å²) < 4.78 is 9.79. The van der Waals surface area contributed by atoms with E-state index in [1.165, 1.54) is 12.0 Å². The summed E-state index contributed by atoms with van der Waals surface area (Å²) in [5, 5.41) is 11.3. The summed E-state index contributed by atoms with van der Waals surface area (Å²) in [7, 11) is 1.25. The van der Waals surface area contributed by atoms with Gasteiger partial charge in [0.15, 0.2) is 6.04 Å². The van der Waals surface area contributed by atoms with Crippen LogP contribution in [0.1, 0.15) is 13.3 Å². The van der Waals surface area contributed by atoms with Crippen molar-refractivity contribution in [2.75, 3.05) is 33.4 Å². The number of esters is 1. The first-order valence-corrected chi connectivity index (χ1v) is 6.40.